The van der Waals surface area contributed by atoms with E-state index in [1.54, 1.807) is 0 Å². The van der Waals surface area contributed by atoms with Crippen LogP contribution in [0, 0.1) is 0 Å². The molecule has 0 bridgehead atoms. The van der Waals surface area contributed by atoms with E-state index in [-0.39, 0.29) is 17.5 Å². The highest BCUT2D eigenvalue weighted by Crippen LogP contribution is 2.38. The van der Waals surface area contributed by atoms with Crippen LogP contribution in [0.2, 0.25) is 0 Å². The van der Waals surface area contributed by atoms with Crippen molar-refractivity contribution in [3.8, 4) is 0 Å². The van der Waals surface area contributed by atoms with Crippen molar-refractivity contribution in [1.29, 1.82) is 0 Å². The smallest absolute Gasteiger partial charge is 0.229 e. The van der Waals surface area contributed by atoms with Crippen molar-refractivity contribution in [1.82, 2.24) is 24.8 Å². The zero-order valence-corrected chi connectivity index (χ0v) is 15.9. The first-order valence-corrected chi connectivity index (χ1v) is 11.4. The molecule has 1 aliphatic carbocycles. The summed E-state index contributed by atoms with van der Waals surface area (Å²) in [7, 11) is -2.90. The molecule has 0 N–H and O–H groups in total. The second kappa shape index (κ2) is 6.56. The second-order valence-electron chi connectivity index (χ2n) is 7.80. The number of hydrogen-bond donors (Lipinski definition) is 0. The molecule has 2 fully saturated rings. The summed E-state index contributed by atoms with van der Waals surface area (Å²) in [4.78, 5) is 6.80. The number of aromatic nitrogens is 4. The normalized spacial score (nSPS) is 25.6. The van der Waals surface area contributed by atoms with E-state index in [4.69, 9.17) is 4.52 Å². The molecule has 0 amide bonds. The maximum atomic E-state index is 11.7. The summed E-state index contributed by atoms with van der Waals surface area (Å²) in [5.41, 5.74) is 2.36. The monoisotopic (exact) mass is 389 g/mol. The van der Waals surface area contributed by atoms with Gasteiger partial charge in [0.05, 0.1) is 30.3 Å². The van der Waals surface area contributed by atoms with Gasteiger partial charge in [-0.3, -0.25) is 9.58 Å². The van der Waals surface area contributed by atoms with Crippen LogP contribution in [0.5, 0.6) is 0 Å². The van der Waals surface area contributed by atoms with Gasteiger partial charge in [-0.2, -0.15) is 10.1 Å². The molecule has 2 aromatic rings. The quantitative estimate of drug-likeness (QED) is 0.769. The van der Waals surface area contributed by atoms with Crippen LogP contribution in [0.1, 0.15) is 54.9 Å². The van der Waals surface area contributed by atoms with Crippen molar-refractivity contribution >= 4 is 15.4 Å². The Balaban J connectivity index is 1.21. The highest BCUT2D eigenvalue weighted by molar-refractivity contribution is 7.91. The van der Waals surface area contributed by atoms with Gasteiger partial charge >= 0.3 is 0 Å². The lowest BCUT2D eigenvalue weighted by Crippen LogP contribution is -2.28. The lowest BCUT2D eigenvalue weighted by molar-refractivity contribution is 0.279. The van der Waals surface area contributed by atoms with Crippen molar-refractivity contribution in [3.63, 3.8) is 0 Å². The fourth-order valence-corrected chi connectivity index (χ4v) is 5.54. The predicted molar refractivity (Wildman–Crippen MR) is 98.7 cm³/mol. The van der Waals surface area contributed by atoms with E-state index in [1.807, 2.05) is 17.1 Å². The van der Waals surface area contributed by atoms with Crippen LogP contribution in [0.25, 0.3) is 5.57 Å². The first kappa shape index (κ1) is 17.1. The second-order valence-corrected chi connectivity index (χ2v) is 10.0. The summed E-state index contributed by atoms with van der Waals surface area (Å²) >= 11 is 0. The number of rotatable bonds is 5. The molecule has 1 atom stereocenters. The van der Waals surface area contributed by atoms with Crippen LogP contribution in [0.4, 0.5) is 0 Å². The van der Waals surface area contributed by atoms with Crippen molar-refractivity contribution in [2.75, 3.05) is 24.6 Å². The molecule has 0 aromatic carbocycles. The number of sulfone groups is 1. The fourth-order valence-electron chi connectivity index (χ4n) is 3.83. The molecule has 2 aromatic heterocycles. The fraction of sp³-hybridized carbons (Fsp3) is 0.611. The van der Waals surface area contributed by atoms with Crippen LogP contribution in [-0.4, -0.2) is 57.8 Å². The summed E-state index contributed by atoms with van der Waals surface area (Å²) in [6.45, 7) is 2.48. The molecule has 9 heteroatoms. The minimum Gasteiger partial charge on any atom is -0.339 e. The molecule has 1 saturated heterocycles. The van der Waals surface area contributed by atoms with E-state index >= 15 is 0 Å². The molecule has 2 aliphatic heterocycles. The molecule has 27 heavy (non-hydrogen) atoms. The van der Waals surface area contributed by atoms with Gasteiger partial charge in [0.15, 0.2) is 15.7 Å². The zero-order valence-electron chi connectivity index (χ0n) is 15.1. The van der Waals surface area contributed by atoms with Crippen LogP contribution in [0.15, 0.2) is 23.0 Å². The van der Waals surface area contributed by atoms with Crippen molar-refractivity contribution < 1.29 is 12.9 Å². The predicted octanol–water partition coefficient (Wildman–Crippen LogP) is 1.79. The molecular weight excluding hydrogens is 366 g/mol. The third-order valence-corrected chi connectivity index (χ3v) is 7.37. The molecule has 5 rings (SSSR count). The van der Waals surface area contributed by atoms with E-state index in [9.17, 15) is 8.42 Å². The van der Waals surface area contributed by atoms with Crippen LogP contribution >= 0.6 is 0 Å². The first-order valence-electron chi connectivity index (χ1n) is 9.54. The number of hydrogen-bond acceptors (Lipinski definition) is 7. The van der Waals surface area contributed by atoms with Gasteiger partial charge in [0.25, 0.3) is 0 Å². The van der Waals surface area contributed by atoms with Gasteiger partial charge in [0, 0.05) is 30.8 Å². The van der Waals surface area contributed by atoms with E-state index < -0.39 is 9.84 Å². The Kier molecular flexibility index (Phi) is 4.16. The Hall–Kier alpha value is -2.00. The third kappa shape index (κ3) is 3.70. The largest absolute Gasteiger partial charge is 0.339 e. The molecule has 4 heterocycles. The maximum absolute atomic E-state index is 11.7. The van der Waals surface area contributed by atoms with Gasteiger partial charge in [-0.1, -0.05) is 11.2 Å². The summed E-state index contributed by atoms with van der Waals surface area (Å²) in [6, 6.07) is -0.0247. The molecule has 1 unspecified atom stereocenters. The van der Waals surface area contributed by atoms with Crippen molar-refractivity contribution in [2.24, 2.45) is 0 Å². The topological polar surface area (TPSA) is 94.1 Å². The molecule has 0 spiro atoms. The van der Waals surface area contributed by atoms with Crippen molar-refractivity contribution in [3.05, 3.63) is 35.7 Å². The molecule has 3 aliphatic rings. The molecular formula is C18H23N5O3S. The summed E-state index contributed by atoms with van der Waals surface area (Å²) in [5.74, 6) is 2.52. The van der Waals surface area contributed by atoms with Gasteiger partial charge in [0.1, 0.15) is 0 Å². The average Bonchev–Trinajstić information content (AvgIpc) is 3.05. The Morgan fingerprint density at radius 3 is 2.85 bits per heavy atom. The Labute approximate surface area is 158 Å². The van der Waals surface area contributed by atoms with E-state index in [0.29, 0.717) is 18.9 Å². The van der Waals surface area contributed by atoms with E-state index in [1.165, 1.54) is 5.57 Å². The maximum Gasteiger partial charge on any atom is 0.229 e. The lowest BCUT2D eigenvalue weighted by Gasteiger charge is -2.24. The minimum atomic E-state index is -2.90. The van der Waals surface area contributed by atoms with Crippen LogP contribution < -0.4 is 0 Å². The van der Waals surface area contributed by atoms with Crippen LogP contribution in [0.3, 0.4) is 0 Å². The van der Waals surface area contributed by atoms with Gasteiger partial charge < -0.3 is 4.52 Å². The number of nitrogens with zero attached hydrogens (tertiary/aromatic N) is 5. The minimum absolute atomic E-state index is 0.0247. The van der Waals surface area contributed by atoms with Gasteiger partial charge in [-0.15, -0.1) is 0 Å². The molecule has 8 nitrogen and oxygen atoms in total. The SMILES string of the molecule is O=S1(=O)CCC(n2cc(C3=CCN(Cc4noc(C5CC5)n4)CC3)cn2)C1. The summed E-state index contributed by atoms with van der Waals surface area (Å²) in [6.07, 6.45) is 9.99. The van der Waals surface area contributed by atoms with Crippen molar-refractivity contribution in [2.45, 2.75) is 44.2 Å². The molecule has 0 radical (unpaired) electrons. The van der Waals surface area contributed by atoms with Gasteiger partial charge in [-0.05, 0) is 31.3 Å². The summed E-state index contributed by atoms with van der Waals surface area (Å²) in [5, 5.41) is 8.51. The summed E-state index contributed by atoms with van der Waals surface area (Å²) < 4.78 is 30.5. The first-order chi connectivity index (χ1) is 13.1. The van der Waals surface area contributed by atoms with Gasteiger partial charge in [-0.25, -0.2) is 8.42 Å². The lowest BCUT2D eigenvalue weighted by atomic mass is 10.0. The molecule has 1 saturated carbocycles. The van der Waals surface area contributed by atoms with E-state index in [2.05, 4.69) is 26.2 Å². The Morgan fingerprint density at radius 1 is 1.26 bits per heavy atom. The average molecular weight is 389 g/mol. The Bertz CT molecular complexity index is 973. The highest BCUT2D eigenvalue weighted by atomic mass is 32.2. The third-order valence-electron chi connectivity index (χ3n) is 5.62. The van der Waals surface area contributed by atoms with E-state index in [0.717, 1.165) is 49.6 Å². The Morgan fingerprint density at radius 2 is 2.15 bits per heavy atom. The molecule has 144 valence electrons. The van der Waals surface area contributed by atoms with Crippen LogP contribution in [-0.2, 0) is 16.4 Å². The highest BCUT2D eigenvalue weighted by Gasteiger charge is 2.31. The van der Waals surface area contributed by atoms with Gasteiger partial charge in [0.2, 0.25) is 5.89 Å². The standard InChI is InChI=1S/C18H23N5O3S/c24-27(25)8-5-16(12-27)23-10-15(9-19-23)13-3-6-22(7-4-13)11-17-20-18(26-21-17)14-1-2-14/h3,9-10,14,16H,1-2,4-8,11-12H2. The zero-order chi connectivity index (χ0) is 18.4.